The summed E-state index contributed by atoms with van der Waals surface area (Å²) in [4.78, 5) is 33.5. The second-order valence-corrected chi connectivity index (χ2v) is 11.9. The summed E-state index contributed by atoms with van der Waals surface area (Å²) in [6, 6.07) is 25.6. The molecule has 0 aliphatic carbocycles. The number of benzene rings is 3. The van der Waals surface area contributed by atoms with Gasteiger partial charge in [0, 0.05) is 43.5 Å². The Bertz CT molecular complexity index is 1570. The number of rotatable bonds is 13. The normalized spacial score (nSPS) is 12.0. The summed E-state index contributed by atoms with van der Waals surface area (Å²) in [5.74, 6) is -0.537. The third-order valence-corrected chi connectivity index (χ3v) is 8.46. The van der Waals surface area contributed by atoms with Crippen molar-refractivity contribution in [1.82, 2.24) is 19.9 Å². The van der Waals surface area contributed by atoms with Crippen LogP contribution in [0.15, 0.2) is 108 Å². The van der Waals surface area contributed by atoms with E-state index in [1.165, 1.54) is 12.1 Å². The van der Waals surface area contributed by atoms with Gasteiger partial charge in [0.05, 0.1) is 4.90 Å². The van der Waals surface area contributed by atoms with Crippen molar-refractivity contribution in [2.45, 2.75) is 43.8 Å². The number of aryl methyl sites for hydroxylation is 1. The maximum absolute atomic E-state index is 13.9. The lowest BCUT2D eigenvalue weighted by Gasteiger charge is -2.32. The molecule has 8 nitrogen and oxygen atoms in total. The highest BCUT2D eigenvalue weighted by atomic mass is 35.5. The molecule has 10 heteroatoms. The van der Waals surface area contributed by atoms with Crippen molar-refractivity contribution in [3.8, 4) is 0 Å². The van der Waals surface area contributed by atoms with E-state index in [0.29, 0.717) is 23.6 Å². The van der Waals surface area contributed by atoms with Gasteiger partial charge in [-0.25, -0.2) is 13.1 Å². The Morgan fingerprint density at radius 2 is 1.57 bits per heavy atom. The highest BCUT2D eigenvalue weighted by Gasteiger charge is 2.31. The molecule has 4 rings (SSSR count). The Balaban J connectivity index is 1.59. The molecule has 0 saturated heterocycles. The number of hydrogen-bond donors (Lipinski definition) is 2. The number of carbonyl (C=O) groups is 2. The van der Waals surface area contributed by atoms with Gasteiger partial charge >= 0.3 is 0 Å². The Labute approximate surface area is 251 Å². The standard InChI is InChI=1S/C32H33ClN4O4S/c1-2-36-42(40,41)29-17-12-24(13-18-29)14-19-30(38)37(23-25-10-15-28(33)16-11-25)31(27-8-4-3-5-9-27)32(39)35-22-26-7-6-20-34-21-26/h3-13,15-18,20-21,31,36H,2,14,19,22-23H2,1H3,(H,35,39). The second kappa shape index (κ2) is 14.7. The van der Waals surface area contributed by atoms with Crippen LogP contribution in [0.2, 0.25) is 5.02 Å². The van der Waals surface area contributed by atoms with E-state index in [0.717, 1.165) is 16.7 Å². The molecule has 2 amide bonds. The van der Waals surface area contributed by atoms with Crippen LogP contribution in [0.25, 0.3) is 0 Å². The van der Waals surface area contributed by atoms with Crippen molar-refractivity contribution < 1.29 is 18.0 Å². The number of amides is 2. The topological polar surface area (TPSA) is 108 Å². The highest BCUT2D eigenvalue weighted by Crippen LogP contribution is 2.26. The van der Waals surface area contributed by atoms with Crippen LogP contribution in [0.1, 0.15) is 41.6 Å². The molecule has 1 aromatic heterocycles. The zero-order chi connectivity index (χ0) is 30.0. The quantitative estimate of drug-likeness (QED) is 0.222. The Hall–Kier alpha value is -4.05. The number of nitrogens with one attached hydrogen (secondary N) is 2. The maximum atomic E-state index is 13.9. The molecule has 3 aromatic carbocycles. The van der Waals surface area contributed by atoms with Crippen molar-refractivity contribution in [3.63, 3.8) is 0 Å². The molecule has 0 fully saturated rings. The minimum atomic E-state index is -3.57. The van der Waals surface area contributed by atoms with Gasteiger partial charge in [0.15, 0.2) is 0 Å². The summed E-state index contributed by atoms with van der Waals surface area (Å²) in [6.07, 6.45) is 3.84. The van der Waals surface area contributed by atoms with Gasteiger partial charge < -0.3 is 10.2 Å². The molecule has 0 aliphatic heterocycles. The van der Waals surface area contributed by atoms with Crippen molar-refractivity contribution in [2.75, 3.05) is 6.54 Å². The van der Waals surface area contributed by atoms with E-state index in [4.69, 9.17) is 11.6 Å². The largest absolute Gasteiger partial charge is 0.350 e. The summed E-state index contributed by atoms with van der Waals surface area (Å²) in [7, 11) is -3.57. The van der Waals surface area contributed by atoms with Gasteiger partial charge in [-0.15, -0.1) is 0 Å². The Kier molecular flexibility index (Phi) is 10.8. The van der Waals surface area contributed by atoms with Gasteiger partial charge in [0.25, 0.3) is 0 Å². The summed E-state index contributed by atoms with van der Waals surface area (Å²) in [5, 5.41) is 3.55. The lowest BCUT2D eigenvalue weighted by Crippen LogP contribution is -2.43. The molecule has 1 atom stereocenters. The molecular weight excluding hydrogens is 572 g/mol. The van der Waals surface area contributed by atoms with Gasteiger partial charge in [0.2, 0.25) is 21.8 Å². The van der Waals surface area contributed by atoms with Gasteiger partial charge in [-0.3, -0.25) is 14.6 Å². The fourth-order valence-corrected chi connectivity index (χ4v) is 5.68. The van der Waals surface area contributed by atoms with E-state index in [1.807, 2.05) is 48.5 Å². The van der Waals surface area contributed by atoms with E-state index < -0.39 is 16.1 Å². The number of sulfonamides is 1. The van der Waals surface area contributed by atoms with Crippen molar-refractivity contribution >= 4 is 33.4 Å². The first-order valence-electron chi connectivity index (χ1n) is 13.6. The van der Waals surface area contributed by atoms with E-state index >= 15 is 0 Å². The molecule has 1 unspecified atom stereocenters. The molecule has 1 heterocycles. The average molecular weight is 605 g/mol. The van der Waals surface area contributed by atoms with E-state index in [2.05, 4.69) is 15.0 Å². The van der Waals surface area contributed by atoms with E-state index in [-0.39, 0.29) is 36.2 Å². The predicted octanol–water partition coefficient (Wildman–Crippen LogP) is 5.05. The predicted molar refractivity (Wildman–Crippen MR) is 163 cm³/mol. The zero-order valence-electron chi connectivity index (χ0n) is 23.2. The van der Waals surface area contributed by atoms with Gasteiger partial charge in [-0.05, 0) is 59.0 Å². The van der Waals surface area contributed by atoms with E-state index in [1.54, 1.807) is 54.5 Å². The molecule has 0 bridgehead atoms. The molecule has 0 spiro atoms. The van der Waals surface area contributed by atoms with Crippen LogP contribution in [-0.4, -0.2) is 36.7 Å². The number of nitrogens with zero attached hydrogens (tertiary/aromatic N) is 2. The first-order chi connectivity index (χ1) is 20.3. The van der Waals surface area contributed by atoms with Crippen molar-refractivity contribution in [1.29, 1.82) is 0 Å². The van der Waals surface area contributed by atoms with Crippen molar-refractivity contribution in [3.05, 3.63) is 131 Å². The molecule has 2 N–H and O–H groups in total. The summed E-state index contributed by atoms with van der Waals surface area (Å²) in [5.41, 5.74) is 3.16. The molecule has 42 heavy (non-hydrogen) atoms. The lowest BCUT2D eigenvalue weighted by atomic mass is 10.0. The number of carbonyl (C=O) groups excluding carboxylic acids is 2. The Morgan fingerprint density at radius 3 is 2.21 bits per heavy atom. The van der Waals surface area contributed by atoms with Gasteiger partial charge in [-0.2, -0.15) is 0 Å². The fraction of sp³-hybridized carbons (Fsp3) is 0.219. The minimum absolute atomic E-state index is 0.117. The molecular formula is C32H33ClN4O4S. The smallest absolute Gasteiger partial charge is 0.247 e. The fourth-order valence-electron chi connectivity index (χ4n) is 4.51. The summed E-state index contributed by atoms with van der Waals surface area (Å²) < 4.78 is 27.0. The molecule has 0 radical (unpaired) electrons. The number of pyridine rings is 1. The van der Waals surface area contributed by atoms with Gasteiger partial charge in [-0.1, -0.05) is 79.2 Å². The van der Waals surface area contributed by atoms with Crippen LogP contribution in [0.3, 0.4) is 0 Å². The SMILES string of the molecule is CCNS(=O)(=O)c1ccc(CCC(=O)N(Cc2ccc(Cl)cc2)C(C(=O)NCc2cccnc2)c2ccccc2)cc1. The first-order valence-corrected chi connectivity index (χ1v) is 15.5. The van der Waals surface area contributed by atoms with Crippen LogP contribution in [0, 0.1) is 0 Å². The lowest BCUT2D eigenvalue weighted by molar-refractivity contribution is -0.141. The number of aromatic nitrogens is 1. The van der Waals surface area contributed by atoms with Crippen LogP contribution in [0.5, 0.6) is 0 Å². The Morgan fingerprint density at radius 1 is 0.881 bits per heavy atom. The maximum Gasteiger partial charge on any atom is 0.247 e. The molecule has 0 saturated carbocycles. The molecule has 0 aliphatic rings. The van der Waals surface area contributed by atoms with Crippen LogP contribution in [-0.2, 0) is 39.1 Å². The minimum Gasteiger partial charge on any atom is -0.350 e. The third-order valence-electron chi connectivity index (χ3n) is 6.65. The second-order valence-electron chi connectivity index (χ2n) is 9.69. The highest BCUT2D eigenvalue weighted by molar-refractivity contribution is 7.89. The average Bonchev–Trinajstić information content (AvgIpc) is 3.01. The number of hydrogen-bond acceptors (Lipinski definition) is 5. The summed E-state index contributed by atoms with van der Waals surface area (Å²) >= 11 is 6.10. The summed E-state index contributed by atoms with van der Waals surface area (Å²) in [6.45, 7) is 2.46. The zero-order valence-corrected chi connectivity index (χ0v) is 24.8. The van der Waals surface area contributed by atoms with Crippen LogP contribution >= 0.6 is 11.6 Å². The van der Waals surface area contributed by atoms with Crippen molar-refractivity contribution in [2.24, 2.45) is 0 Å². The monoisotopic (exact) mass is 604 g/mol. The van der Waals surface area contributed by atoms with Gasteiger partial charge in [0.1, 0.15) is 6.04 Å². The molecule has 218 valence electrons. The first kappa shape index (κ1) is 30.9. The van der Waals surface area contributed by atoms with E-state index in [9.17, 15) is 18.0 Å². The van der Waals surface area contributed by atoms with Crippen LogP contribution in [0.4, 0.5) is 0 Å². The molecule has 4 aromatic rings. The third kappa shape index (κ3) is 8.48. The van der Waals surface area contributed by atoms with Crippen LogP contribution < -0.4 is 10.0 Å². The number of halogens is 1.